The van der Waals surface area contributed by atoms with Crippen molar-refractivity contribution in [1.82, 2.24) is 4.72 Å². The predicted octanol–water partition coefficient (Wildman–Crippen LogP) is 4.39. The van der Waals surface area contributed by atoms with Gasteiger partial charge in [0.2, 0.25) is 10.0 Å². The average molecular weight is 380 g/mol. The van der Waals surface area contributed by atoms with Crippen LogP contribution in [0.4, 0.5) is 0 Å². The molecule has 1 aliphatic carbocycles. The summed E-state index contributed by atoms with van der Waals surface area (Å²) in [7, 11) is -3.36. The van der Waals surface area contributed by atoms with E-state index in [-0.39, 0.29) is 6.42 Å². The maximum absolute atomic E-state index is 11.8. The molecule has 0 atom stereocenters. The molecule has 0 unspecified atom stereocenters. The molecule has 0 saturated carbocycles. The smallest absolute Gasteiger partial charge is 0.303 e. The second kappa shape index (κ2) is 13.1. The number of carboxylic acid groups (broad SMARTS) is 1. The molecule has 2 N–H and O–H groups in total. The van der Waals surface area contributed by atoms with Crippen LogP contribution in [0.3, 0.4) is 0 Å². The van der Waals surface area contributed by atoms with Gasteiger partial charge in [-0.3, -0.25) is 4.79 Å². The first kappa shape index (κ1) is 23.8. The van der Waals surface area contributed by atoms with Gasteiger partial charge in [-0.25, -0.2) is 13.1 Å². The van der Waals surface area contributed by atoms with Gasteiger partial charge in [0.15, 0.2) is 0 Å². The molecule has 6 heteroatoms. The van der Waals surface area contributed by atoms with E-state index in [4.69, 9.17) is 5.11 Å². The number of allylic oxidation sites excluding steroid dienone is 6. The minimum Gasteiger partial charge on any atom is -0.481 e. The zero-order valence-electron chi connectivity index (χ0n) is 15.9. The molecule has 0 amide bonds. The molecule has 0 aromatic heterocycles. The Morgan fingerprint density at radius 3 is 2.15 bits per heavy atom. The fourth-order valence-corrected chi connectivity index (χ4v) is 2.95. The number of benzene rings is 1. The second-order valence-corrected chi connectivity index (χ2v) is 6.75. The molecule has 0 spiro atoms. The lowest BCUT2D eigenvalue weighted by molar-refractivity contribution is -0.136. The first-order valence-electron chi connectivity index (χ1n) is 8.75. The Morgan fingerprint density at radius 1 is 1.08 bits per heavy atom. The molecule has 1 aromatic carbocycles. The SMILES string of the molecule is CC.CCC(=O)O.CCNS(=O)(=O)c1ccc(C2=CC=CC=CC2)cc1. The molecule has 0 saturated heterocycles. The van der Waals surface area contributed by atoms with Gasteiger partial charge in [-0.2, -0.15) is 0 Å². The molecule has 144 valence electrons. The number of nitrogens with one attached hydrogen (secondary N) is 1. The Labute approximate surface area is 157 Å². The number of hydrogen-bond donors (Lipinski definition) is 2. The monoisotopic (exact) mass is 379 g/mol. The lowest BCUT2D eigenvalue weighted by Crippen LogP contribution is -2.23. The zero-order chi connectivity index (χ0) is 20.0. The second-order valence-electron chi connectivity index (χ2n) is 4.98. The van der Waals surface area contributed by atoms with Gasteiger partial charge in [0.1, 0.15) is 0 Å². The summed E-state index contributed by atoms with van der Waals surface area (Å²) in [6.07, 6.45) is 11.2. The highest BCUT2D eigenvalue weighted by atomic mass is 32.2. The van der Waals surface area contributed by atoms with Crippen LogP contribution in [-0.4, -0.2) is 26.0 Å². The Hall–Kier alpha value is -2.18. The number of rotatable bonds is 5. The predicted molar refractivity (Wildman–Crippen MR) is 107 cm³/mol. The van der Waals surface area contributed by atoms with Crippen molar-refractivity contribution in [1.29, 1.82) is 0 Å². The topological polar surface area (TPSA) is 83.5 Å². The van der Waals surface area contributed by atoms with Crippen molar-refractivity contribution < 1.29 is 18.3 Å². The maximum atomic E-state index is 11.8. The van der Waals surface area contributed by atoms with Crippen molar-refractivity contribution in [2.24, 2.45) is 0 Å². The molecule has 0 heterocycles. The number of hydrogen-bond acceptors (Lipinski definition) is 3. The van der Waals surface area contributed by atoms with Gasteiger partial charge < -0.3 is 5.11 Å². The maximum Gasteiger partial charge on any atom is 0.303 e. The lowest BCUT2D eigenvalue weighted by Gasteiger charge is -2.07. The fourth-order valence-electron chi connectivity index (χ4n) is 1.91. The van der Waals surface area contributed by atoms with Crippen LogP contribution < -0.4 is 4.72 Å². The average Bonchev–Trinajstić information content (AvgIpc) is 2.93. The highest BCUT2D eigenvalue weighted by Gasteiger charge is 2.12. The van der Waals surface area contributed by atoms with Crippen molar-refractivity contribution >= 4 is 21.6 Å². The summed E-state index contributed by atoms with van der Waals surface area (Å²) >= 11 is 0. The van der Waals surface area contributed by atoms with Crippen LogP contribution in [0.2, 0.25) is 0 Å². The van der Waals surface area contributed by atoms with Crippen LogP contribution in [0.5, 0.6) is 0 Å². The summed E-state index contributed by atoms with van der Waals surface area (Å²) in [5, 5.41) is 7.72. The molecule has 26 heavy (non-hydrogen) atoms. The fraction of sp³-hybridized carbons (Fsp3) is 0.350. The Bertz CT molecular complexity index is 730. The number of aliphatic carboxylic acids is 1. The first-order valence-corrected chi connectivity index (χ1v) is 10.2. The summed E-state index contributed by atoms with van der Waals surface area (Å²) < 4.78 is 26.1. The Morgan fingerprint density at radius 2 is 1.65 bits per heavy atom. The third-order valence-electron chi connectivity index (χ3n) is 3.17. The van der Waals surface area contributed by atoms with Gasteiger partial charge in [-0.1, -0.05) is 70.2 Å². The van der Waals surface area contributed by atoms with Gasteiger partial charge in [-0.15, -0.1) is 0 Å². The summed E-state index contributed by atoms with van der Waals surface area (Å²) in [6, 6.07) is 6.99. The minimum absolute atomic E-state index is 0.222. The largest absolute Gasteiger partial charge is 0.481 e. The molecule has 0 aliphatic heterocycles. The summed E-state index contributed by atoms with van der Waals surface area (Å²) in [4.78, 5) is 9.67. The first-order chi connectivity index (χ1) is 12.4. The Kier molecular flexibility index (Phi) is 12.0. The quantitative estimate of drug-likeness (QED) is 0.795. The van der Waals surface area contributed by atoms with Crippen LogP contribution in [0.25, 0.3) is 5.57 Å². The van der Waals surface area contributed by atoms with E-state index in [1.807, 2.05) is 50.3 Å². The van der Waals surface area contributed by atoms with Crippen LogP contribution in [0, 0.1) is 0 Å². The summed E-state index contributed by atoms with van der Waals surface area (Å²) in [6.45, 7) is 7.76. The van der Waals surface area contributed by atoms with E-state index in [1.165, 1.54) is 5.57 Å². The van der Waals surface area contributed by atoms with Crippen LogP contribution in [-0.2, 0) is 14.8 Å². The van der Waals surface area contributed by atoms with E-state index in [1.54, 1.807) is 26.0 Å². The molecule has 2 rings (SSSR count). The lowest BCUT2D eigenvalue weighted by atomic mass is 10.0. The highest BCUT2D eigenvalue weighted by molar-refractivity contribution is 7.89. The van der Waals surface area contributed by atoms with Crippen LogP contribution in [0.1, 0.15) is 46.1 Å². The van der Waals surface area contributed by atoms with Crippen molar-refractivity contribution in [3.63, 3.8) is 0 Å². The Balaban J connectivity index is 0.000000772. The summed E-state index contributed by atoms with van der Waals surface area (Å²) in [5.74, 6) is -0.745. The molecule has 0 fully saturated rings. The standard InChI is InChI=1S/C15H17NO2S.C3H6O2.C2H6/c1-2-16-19(17,18)15-11-9-14(10-12-15)13-7-5-3-4-6-8-13;1-2-3(4)5;1-2/h3-7,9-12,16H,2,8H2,1H3;2H2,1H3,(H,4,5);1-2H3. The third kappa shape index (κ3) is 8.78. The highest BCUT2D eigenvalue weighted by Crippen LogP contribution is 2.22. The van der Waals surface area contributed by atoms with E-state index < -0.39 is 16.0 Å². The molecule has 0 bridgehead atoms. The number of carbonyl (C=O) groups is 1. The number of sulfonamides is 1. The van der Waals surface area contributed by atoms with Crippen molar-refractivity contribution in [3.05, 3.63) is 60.2 Å². The molecule has 5 nitrogen and oxygen atoms in total. The van der Waals surface area contributed by atoms with Crippen molar-refractivity contribution in [3.8, 4) is 0 Å². The minimum atomic E-state index is -3.36. The van der Waals surface area contributed by atoms with E-state index in [0.717, 1.165) is 12.0 Å². The van der Waals surface area contributed by atoms with Gasteiger partial charge >= 0.3 is 5.97 Å². The molecule has 1 aliphatic rings. The van der Waals surface area contributed by atoms with E-state index in [2.05, 4.69) is 10.8 Å². The van der Waals surface area contributed by atoms with Crippen molar-refractivity contribution in [2.45, 2.75) is 45.4 Å². The van der Waals surface area contributed by atoms with Crippen molar-refractivity contribution in [2.75, 3.05) is 6.54 Å². The van der Waals surface area contributed by atoms with Crippen LogP contribution >= 0.6 is 0 Å². The van der Waals surface area contributed by atoms with Crippen LogP contribution in [0.15, 0.2) is 59.5 Å². The normalized spacial score (nSPS) is 12.7. The van der Waals surface area contributed by atoms with Gasteiger partial charge in [0, 0.05) is 13.0 Å². The third-order valence-corrected chi connectivity index (χ3v) is 4.73. The zero-order valence-corrected chi connectivity index (χ0v) is 16.7. The summed E-state index contributed by atoms with van der Waals surface area (Å²) in [5.41, 5.74) is 2.23. The molecule has 0 radical (unpaired) electrons. The number of carboxylic acids is 1. The van der Waals surface area contributed by atoms with E-state index in [0.29, 0.717) is 11.4 Å². The van der Waals surface area contributed by atoms with Gasteiger partial charge in [0.25, 0.3) is 0 Å². The molecule has 1 aromatic rings. The molecular formula is C20H29NO4S. The van der Waals surface area contributed by atoms with Gasteiger partial charge in [-0.05, 0) is 29.7 Å². The molecular weight excluding hydrogens is 350 g/mol. The van der Waals surface area contributed by atoms with E-state index in [9.17, 15) is 13.2 Å². The van der Waals surface area contributed by atoms with E-state index >= 15 is 0 Å². The van der Waals surface area contributed by atoms with Gasteiger partial charge in [0.05, 0.1) is 4.90 Å².